The molecule has 3 aromatic rings. The van der Waals surface area contributed by atoms with E-state index in [1.54, 1.807) is 31.2 Å². The second-order valence-electron chi connectivity index (χ2n) is 7.69. The lowest BCUT2D eigenvalue weighted by Crippen LogP contribution is -2.21. The van der Waals surface area contributed by atoms with Gasteiger partial charge >= 0.3 is 0 Å². The van der Waals surface area contributed by atoms with E-state index in [4.69, 9.17) is 26.2 Å². The number of nitrogens with zero attached hydrogens (tertiary/aromatic N) is 2. The fourth-order valence-corrected chi connectivity index (χ4v) is 4.17. The van der Waals surface area contributed by atoms with Crippen LogP contribution in [0.4, 0.5) is 5.69 Å². The highest BCUT2D eigenvalue weighted by Crippen LogP contribution is 2.32. The number of rotatable bonds is 7. The Morgan fingerprint density at radius 1 is 1.06 bits per heavy atom. The maximum atomic E-state index is 13.0. The molecule has 10 heteroatoms. The van der Waals surface area contributed by atoms with Gasteiger partial charge in [0.25, 0.3) is 5.91 Å². The fourth-order valence-electron chi connectivity index (χ4n) is 3.47. The van der Waals surface area contributed by atoms with Crippen LogP contribution >= 0.6 is 11.6 Å². The normalized spacial score (nSPS) is 14.9. The SMILES string of the molecule is COc1cc(/C=C2\C(=O)N(c3ccc(S(N)(=O)=O)cc3)N=C2C)ccc1OCc1ccccc1Cl. The lowest BCUT2D eigenvalue weighted by molar-refractivity contribution is -0.114. The number of nitrogens with two attached hydrogens (primary N) is 1. The Balaban J connectivity index is 1.54. The number of carbonyl (C=O) groups excluding carboxylic acids is 1. The van der Waals surface area contributed by atoms with E-state index in [1.165, 1.54) is 36.4 Å². The van der Waals surface area contributed by atoms with Gasteiger partial charge in [-0.25, -0.2) is 13.6 Å². The maximum absolute atomic E-state index is 13.0. The van der Waals surface area contributed by atoms with Crippen LogP contribution in [0, 0.1) is 0 Å². The van der Waals surface area contributed by atoms with Crippen molar-refractivity contribution in [3.8, 4) is 11.5 Å². The summed E-state index contributed by atoms with van der Waals surface area (Å²) in [6.45, 7) is 2.00. The summed E-state index contributed by atoms with van der Waals surface area (Å²) in [5.41, 5.74) is 2.90. The number of ether oxygens (including phenoxy) is 2. The zero-order valence-electron chi connectivity index (χ0n) is 18.9. The number of hydrogen-bond acceptors (Lipinski definition) is 6. The lowest BCUT2D eigenvalue weighted by atomic mass is 10.1. The summed E-state index contributed by atoms with van der Waals surface area (Å²) < 4.78 is 34.3. The van der Waals surface area contributed by atoms with Crippen molar-refractivity contribution in [1.82, 2.24) is 0 Å². The average molecular weight is 512 g/mol. The monoisotopic (exact) mass is 511 g/mol. The Hall–Kier alpha value is -3.66. The number of anilines is 1. The number of carbonyl (C=O) groups is 1. The summed E-state index contributed by atoms with van der Waals surface area (Å²) in [6, 6.07) is 18.4. The molecule has 0 aliphatic carbocycles. The molecule has 2 N–H and O–H groups in total. The van der Waals surface area contributed by atoms with Crippen LogP contribution in [0.1, 0.15) is 18.1 Å². The van der Waals surface area contributed by atoms with Crippen molar-refractivity contribution in [3.05, 3.63) is 88.5 Å². The van der Waals surface area contributed by atoms with Gasteiger partial charge in [-0.2, -0.15) is 10.1 Å². The predicted molar refractivity (Wildman–Crippen MR) is 135 cm³/mol. The number of hydrogen-bond donors (Lipinski definition) is 1. The fraction of sp³-hybridized carbons (Fsp3) is 0.120. The molecule has 1 amide bonds. The van der Waals surface area contributed by atoms with E-state index >= 15 is 0 Å². The van der Waals surface area contributed by atoms with E-state index < -0.39 is 10.0 Å². The average Bonchev–Trinajstić information content (AvgIpc) is 3.12. The Morgan fingerprint density at radius 2 is 1.77 bits per heavy atom. The van der Waals surface area contributed by atoms with E-state index in [-0.39, 0.29) is 17.4 Å². The summed E-state index contributed by atoms with van der Waals surface area (Å²) in [5, 5.41) is 11.3. The highest BCUT2D eigenvalue weighted by atomic mass is 35.5. The van der Waals surface area contributed by atoms with Crippen molar-refractivity contribution in [2.75, 3.05) is 12.1 Å². The van der Waals surface area contributed by atoms with Crippen molar-refractivity contribution in [2.45, 2.75) is 18.4 Å². The number of halogens is 1. The van der Waals surface area contributed by atoms with Crippen LogP contribution < -0.4 is 19.6 Å². The van der Waals surface area contributed by atoms with Gasteiger partial charge < -0.3 is 9.47 Å². The molecule has 0 unspecified atom stereocenters. The molecule has 0 saturated carbocycles. The maximum Gasteiger partial charge on any atom is 0.280 e. The third kappa shape index (κ3) is 5.37. The molecule has 1 heterocycles. The first-order valence-corrected chi connectivity index (χ1v) is 12.4. The van der Waals surface area contributed by atoms with E-state index in [0.717, 1.165) is 11.1 Å². The minimum absolute atomic E-state index is 0.0479. The van der Waals surface area contributed by atoms with Crippen LogP contribution in [0.5, 0.6) is 11.5 Å². The Kier molecular flexibility index (Phi) is 6.93. The van der Waals surface area contributed by atoms with Gasteiger partial charge in [-0.3, -0.25) is 4.79 Å². The van der Waals surface area contributed by atoms with Crippen LogP contribution in [0.2, 0.25) is 5.02 Å². The molecule has 0 bridgehead atoms. The quantitative estimate of drug-likeness (QED) is 0.473. The zero-order chi connectivity index (χ0) is 25.2. The first-order chi connectivity index (χ1) is 16.7. The molecule has 0 saturated heterocycles. The molecule has 1 aliphatic rings. The van der Waals surface area contributed by atoms with Gasteiger partial charge in [0, 0.05) is 10.6 Å². The number of sulfonamides is 1. The Labute approximate surface area is 208 Å². The molecular formula is C25H22ClN3O5S. The molecule has 180 valence electrons. The number of hydrazone groups is 1. The van der Waals surface area contributed by atoms with Crippen LogP contribution in [-0.2, 0) is 21.4 Å². The molecule has 1 aliphatic heterocycles. The first-order valence-electron chi connectivity index (χ1n) is 10.5. The molecule has 4 rings (SSSR count). The van der Waals surface area contributed by atoms with Crippen molar-refractivity contribution in [2.24, 2.45) is 10.2 Å². The Bertz CT molecular complexity index is 1450. The summed E-state index contributed by atoms with van der Waals surface area (Å²) in [6.07, 6.45) is 1.71. The molecular weight excluding hydrogens is 490 g/mol. The van der Waals surface area contributed by atoms with Crippen LogP contribution in [0.15, 0.2) is 82.3 Å². The van der Waals surface area contributed by atoms with E-state index in [0.29, 0.717) is 33.5 Å². The van der Waals surface area contributed by atoms with Gasteiger partial charge in [-0.05, 0) is 61.0 Å². The molecule has 0 aromatic heterocycles. The topological polar surface area (TPSA) is 111 Å². The number of amides is 1. The van der Waals surface area contributed by atoms with Crippen LogP contribution in [0.25, 0.3) is 6.08 Å². The second-order valence-corrected chi connectivity index (χ2v) is 9.66. The van der Waals surface area contributed by atoms with Crippen molar-refractivity contribution in [3.63, 3.8) is 0 Å². The van der Waals surface area contributed by atoms with Crippen LogP contribution in [-0.4, -0.2) is 27.1 Å². The third-order valence-electron chi connectivity index (χ3n) is 5.31. The largest absolute Gasteiger partial charge is 0.493 e. The van der Waals surface area contributed by atoms with Gasteiger partial charge in [0.15, 0.2) is 11.5 Å². The molecule has 0 radical (unpaired) electrons. The van der Waals surface area contributed by atoms with Gasteiger partial charge in [-0.1, -0.05) is 35.9 Å². The van der Waals surface area contributed by atoms with E-state index in [9.17, 15) is 13.2 Å². The van der Waals surface area contributed by atoms with Crippen molar-refractivity contribution < 1.29 is 22.7 Å². The highest BCUT2D eigenvalue weighted by molar-refractivity contribution is 7.89. The molecule has 8 nitrogen and oxygen atoms in total. The van der Waals surface area contributed by atoms with Crippen molar-refractivity contribution >= 4 is 45.0 Å². The van der Waals surface area contributed by atoms with E-state index in [2.05, 4.69) is 5.10 Å². The summed E-state index contributed by atoms with van der Waals surface area (Å²) in [4.78, 5) is 13.0. The third-order valence-corrected chi connectivity index (χ3v) is 6.61. The number of benzene rings is 3. The second kappa shape index (κ2) is 9.91. The Morgan fingerprint density at radius 3 is 2.43 bits per heavy atom. The van der Waals surface area contributed by atoms with Gasteiger partial charge in [0.1, 0.15) is 6.61 Å². The molecule has 3 aromatic carbocycles. The zero-order valence-corrected chi connectivity index (χ0v) is 20.5. The summed E-state index contributed by atoms with van der Waals surface area (Å²) in [7, 11) is -2.29. The predicted octanol–water partition coefficient (Wildman–Crippen LogP) is 4.38. The van der Waals surface area contributed by atoms with Gasteiger partial charge in [0.05, 0.1) is 29.0 Å². The van der Waals surface area contributed by atoms with Gasteiger partial charge in [0.2, 0.25) is 10.0 Å². The first kappa shape index (κ1) is 24.5. The lowest BCUT2D eigenvalue weighted by Gasteiger charge is -2.13. The van der Waals surface area contributed by atoms with Gasteiger partial charge in [-0.15, -0.1) is 0 Å². The number of primary sulfonamides is 1. The standard InChI is InChI=1S/C25H22ClN3O5S/c1-16-21(25(30)29(28-16)19-8-10-20(11-9-19)35(27,31)32)13-17-7-12-23(24(14-17)33-2)34-15-18-5-3-4-6-22(18)26/h3-14H,15H2,1-2H3,(H2,27,31,32)/b21-13-. The minimum Gasteiger partial charge on any atom is -0.493 e. The smallest absolute Gasteiger partial charge is 0.280 e. The molecule has 0 atom stereocenters. The molecule has 35 heavy (non-hydrogen) atoms. The number of methoxy groups -OCH3 is 1. The molecule has 0 spiro atoms. The van der Waals surface area contributed by atoms with Crippen molar-refractivity contribution in [1.29, 1.82) is 0 Å². The highest BCUT2D eigenvalue weighted by Gasteiger charge is 2.29. The summed E-state index contributed by atoms with van der Waals surface area (Å²) >= 11 is 6.20. The minimum atomic E-state index is -3.83. The van der Waals surface area contributed by atoms with E-state index in [1.807, 2.05) is 24.3 Å². The molecule has 0 fully saturated rings. The van der Waals surface area contributed by atoms with Crippen LogP contribution in [0.3, 0.4) is 0 Å². The summed E-state index contributed by atoms with van der Waals surface area (Å²) in [5.74, 6) is 0.694.